The predicted molar refractivity (Wildman–Crippen MR) is 125 cm³/mol. The molecule has 3 rings (SSSR count). The Labute approximate surface area is 192 Å². The van der Waals surface area contributed by atoms with Crippen LogP contribution in [0.25, 0.3) is 11.1 Å². The number of rotatable bonds is 7. The van der Waals surface area contributed by atoms with E-state index in [-0.39, 0.29) is 30.9 Å². The molecule has 0 unspecified atom stereocenters. The van der Waals surface area contributed by atoms with Crippen molar-refractivity contribution in [2.75, 3.05) is 38.7 Å². The van der Waals surface area contributed by atoms with Crippen LogP contribution in [0, 0.1) is 19.8 Å². The van der Waals surface area contributed by atoms with E-state index in [0.29, 0.717) is 36.5 Å². The third-order valence-corrected chi connectivity index (χ3v) is 6.58. The third kappa shape index (κ3) is 5.55. The summed E-state index contributed by atoms with van der Waals surface area (Å²) < 4.78 is 10.1. The van der Waals surface area contributed by atoms with Gasteiger partial charge in [-0.05, 0) is 57.8 Å². The second-order valence-electron chi connectivity index (χ2n) is 8.01. The number of benzene rings is 1. The van der Waals surface area contributed by atoms with E-state index in [0.717, 1.165) is 22.3 Å². The van der Waals surface area contributed by atoms with Gasteiger partial charge >= 0.3 is 11.9 Å². The maximum Gasteiger partial charge on any atom is 0.341 e. The van der Waals surface area contributed by atoms with Crippen molar-refractivity contribution in [2.45, 2.75) is 33.6 Å². The van der Waals surface area contributed by atoms with Crippen molar-refractivity contribution in [1.29, 1.82) is 0 Å². The Bertz CT molecular complexity index is 992. The van der Waals surface area contributed by atoms with E-state index in [2.05, 4.69) is 11.4 Å². The van der Waals surface area contributed by atoms with Gasteiger partial charge in [-0.25, -0.2) is 4.79 Å². The molecule has 7 nitrogen and oxygen atoms in total. The van der Waals surface area contributed by atoms with Crippen LogP contribution in [0.2, 0.25) is 0 Å². The molecule has 1 aliphatic heterocycles. The van der Waals surface area contributed by atoms with Gasteiger partial charge in [0.2, 0.25) is 5.91 Å². The minimum absolute atomic E-state index is 0.104. The van der Waals surface area contributed by atoms with Crippen molar-refractivity contribution in [3.8, 4) is 11.1 Å². The maximum atomic E-state index is 12.8. The highest BCUT2D eigenvalue weighted by molar-refractivity contribution is 7.15. The Morgan fingerprint density at radius 1 is 1.16 bits per heavy atom. The van der Waals surface area contributed by atoms with E-state index in [9.17, 15) is 14.4 Å². The van der Waals surface area contributed by atoms with Gasteiger partial charge in [0.1, 0.15) is 10.6 Å². The number of hydrogen-bond donors (Lipinski definition) is 1. The highest BCUT2D eigenvalue weighted by Crippen LogP contribution is 2.38. The molecule has 0 bridgehead atoms. The summed E-state index contributed by atoms with van der Waals surface area (Å²) in [5.41, 5.74) is 4.30. The average molecular weight is 459 g/mol. The summed E-state index contributed by atoms with van der Waals surface area (Å²) in [7, 11) is 1.40. The normalized spacial score (nSPS) is 14.8. The van der Waals surface area contributed by atoms with Crippen LogP contribution in [0.15, 0.2) is 23.6 Å². The molecule has 1 aromatic carbocycles. The first-order valence-electron chi connectivity index (χ1n) is 10.8. The summed E-state index contributed by atoms with van der Waals surface area (Å²) in [6.45, 7) is 7.54. The van der Waals surface area contributed by atoms with E-state index in [4.69, 9.17) is 9.47 Å². The van der Waals surface area contributed by atoms with Crippen molar-refractivity contribution < 1.29 is 23.9 Å². The lowest BCUT2D eigenvalue weighted by atomic mass is 9.97. The molecule has 32 heavy (non-hydrogen) atoms. The molecule has 8 heteroatoms. The smallest absolute Gasteiger partial charge is 0.341 e. The number of nitrogens with one attached hydrogen (secondary N) is 1. The first-order valence-corrected chi connectivity index (χ1v) is 11.7. The zero-order chi connectivity index (χ0) is 23.3. The molecular weight excluding hydrogens is 428 g/mol. The van der Waals surface area contributed by atoms with Gasteiger partial charge in [0.25, 0.3) is 0 Å². The number of anilines is 1. The Morgan fingerprint density at radius 3 is 2.50 bits per heavy atom. The molecule has 172 valence electrons. The molecule has 2 aromatic rings. The fourth-order valence-corrected chi connectivity index (χ4v) is 5.00. The van der Waals surface area contributed by atoms with Crippen molar-refractivity contribution in [1.82, 2.24) is 4.90 Å². The highest BCUT2D eigenvalue weighted by atomic mass is 32.1. The number of amides is 1. The number of aryl methyl sites for hydroxylation is 2. The van der Waals surface area contributed by atoms with E-state index in [1.165, 1.54) is 18.4 Å². The minimum Gasteiger partial charge on any atom is -0.469 e. The van der Waals surface area contributed by atoms with Crippen molar-refractivity contribution in [2.24, 2.45) is 5.92 Å². The van der Waals surface area contributed by atoms with Gasteiger partial charge < -0.3 is 14.8 Å². The summed E-state index contributed by atoms with van der Waals surface area (Å²) in [5.74, 6) is -0.933. The summed E-state index contributed by atoms with van der Waals surface area (Å²) in [4.78, 5) is 39.2. The van der Waals surface area contributed by atoms with Crippen LogP contribution in [0.1, 0.15) is 41.3 Å². The number of thiophene rings is 1. The van der Waals surface area contributed by atoms with Crippen molar-refractivity contribution >= 4 is 34.2 Å². The zero-order valence-electron chi connectivity index (χ0n) is 19.0. The van der Waals surface area contributed by atoms with Crippen molar-refractivity contribution in [3.05, 3.63) is 40.3 Å². The molecule has 1 amide bonds. The topological polar surface area (TPSA) is 84.9 Å². The predicted octanol–water partition coefficient (Wildman–Crippen LogP) is 4.03. The van der Waals surface area contributed by atoms with Crippen molar-refractivity contribution in [3.63, 3.8) is 0 Å². The standard InChI is InChI=1S/C24H30N2O5S/c1-5-31-24(29)21-19(18-7-6-15(2)12-16(18)3)14-32-22(21)25-20(27)13-26-10-8-17(9-11-26)23(28)30-4/h6-7,12,14,17H,5,8-11,13H2,1-4H3,(H,25,27). The molecule has 0 radical (unpaired) electrons. The van der Waals surface area contributed by atoms with E-state index >= 15 is 0 Å². The van der Waals surface area contributed by atoms with Gasteiger partial charge in [-0.2, -0.15) is 0 Å². The van der Waals surface area contributed by atoms with Gasteiger partial charge in [-0.1, -0.05) is 23.8 Å². The van der Waals surface area contributed by atoms with E-state index in [1.807, 2.05) is 36.3 Å². The first kappa shape index (κ1) is 23.9. The minimum atomic E-state index is -0.446. The summed E-state index contributed by atoms with van der Waals surface area (Å²) in [5, 5.41) is 5.29. The SMILES string of the molecule is CCOC(=O)c1c(-c2ccc(C)cc2C)csc1NC(=O)CN1CCC(C(=O)OC)CC1. The number of methoxy groups -OCH3 is 1. The van der Waals surface area contributed by atoms with E-state index in [1.54, 1.807) is 6.92 Å². The molecule has 0 spiro atoms. The number of likely N-dealkylation sites (tertiary alicyclic amines) is 1. The fraction of sp³-hybridized carbons (Fsp3) is 0.458. The van der Waals surface area contributed by atoms with E-state index < -0.39 is 5.97 Å². The Balaban J connectivity index is 1.75. The highest BCUT2D eigenvalue weighted by Gasteiger charge is 2.28. The lowest BCUT2D eigenvalue weighted by Crippen LogP contribution is -2.41. The number of ether oxygens (including phenoxy) is 2. The lowest BCUT2D eigenvalue weighted by Gasteiger charge is -2.29. The first-order chi connectivity index (χ1) is 15.3. The summed E-state index contributed by atoms with van der Waals surface area (Å²) >= 11 is 1.32. The average Bonchev–Trinajstić information content (AvgIpc) is 3.17. The van der Waals surface area contributed by atoms with Crippen LogP contribution in [0.5, 0.6) is 0 Å². The van der Waals surface area contributed by atoms with Crippen LogP contribution in [-0.2, 0) is 19.1 Å². The summed E-state index contributed by atoms with van der Waals surface area (Å²) in [6.07, 6.45) is 1.34. The summed E-state index contributed by atoms with van der Waals surface area (Å²) in [6, 6.07) is 6.07. The largest absolute Gasteiger partial charge is 0.469 e. The molecular formula is C24H30N2O5S. The quantitative estimate of drug-likeness (QED) is 0.631. The molecule has 0 aliphatic carbocycles. The Hall–Kier alpha value is -2.71. The molecule has 1 aliphatic rings. The number of esters is 2. The molecule has 0 saturated carbocycles. The maximum absolute atomic E-state index is 12.8. The second kappa shape index (κ2) is 10.7. The number of nitrogens with zero attached hydrogens (tertiary/aromatic N) is 1. The van der Waals surface area contributed by atoms with Gasteiger partial charge in [-0.15, -0.1) is 11.3 Å². The van der Waals surface area contributed by atoms with Crippen LogP contribution >= 0.6 is 11.3 Å². The molecule has 0 atom stereocenters. The lowest BCUT2D eigenvalue weighted by molar-refractivity contribution is -0.147. The third-order valence-electron chi connectivity index (χ3n) is 5.68. The monoisotopic (exact) mass is 458 g/mol. The van der Waals surface area contributed by atoms with Gasteiger partial charge in [0.15, 0.2) is 0 Å². The number of piperidine rings is 1. The molecule has 1 N–H and O–H groups in total. The zero-order valence-corrected chi connectivity index (χ0v) is 19.8. The van der Waals surface area contributed by atoms with Crippen LogP contribution < -0.4 is 5.32 Å². The van der Waals surface area contributed by atoms with Crippen LogP contribution in [0.3, 0.4) is 0 Å². The molecule has 1 fully saturated rings. The molecule has 2 heterocycles. The number of hydrogen-bond acceptors (Lipinski definition) is 7. The van der Waals surface area contributed by atoms with Gasteiger partial charge in [-0.3, -0.25) is 14.5 Å². The number of carbonyl (C=O) groups excluding carboxylic acids is 3. The Morgan fingerprint density at radius 2 is 1.88 bits per heavy atom. The number of carbonyl (C=O) groups is 3. The molecule has 1 aromatic heterocycles. The van der Waals surface area contributed by atoms with Gasteiger partial charge in [0, 0.05) is 10.9 Å². The van der Waals surface area contributed by atoms with Crippen LogP contribution in [0.4, 0.5) is 5.00 Å². The van der Waals surface area contributed by atoms with Gasteiger partial charge in [0.05, 0.1) is 26.2 Å². The Kier molecular flexibility index (Phi) is 8.04. The van der Waals surface area contributed by atoms with Crippen LogP contribution in [-0.4, -0.2) is 56.1 Å². The molecule has 1 saturated heterocycles. The second-order valence-corrected chi connectivity index (χ2v) is 8.89. The fourth-order valence-electron chi connectivity index (χ4n) is 4.03.